The molecular formula is C14H20O3S. The van der Waals surface area contributed by atoms with Crippen molar-refractivity contribution in [1.82, 2.24) is 0 Å². The molecule has 0 aliphatic carbocycles. The van der Waals surface area contributed by atoms with Crippen molar-refractivity contribution in [2.45, 2.75) is 38.1 Å². The van der Waals surface area contributed by atoms with E-state index in [1.165, 1.54) is 6.92 Å². The van der Waals surface area contributed by atoms with Crippen LogP contribution >= 0.6 is 11.8 Å². The van der Waals surface area contributed by atoms with Crippen LogP contribution in [0.1, 0.15) is 26.3 Å². The zero-order chi connectivity index (χ0) is 13.4. The van der Waals surface area contributed by atoms with Crippen LogP contribution in [0, 0.1) is 0 Å². The highest BCUT2D eigenvalue weighted by atomic mass is 32.2. The first-order valence-electron chi connectivity index (χ1n) is 6.02. The second-order valence-electron chi connectivity index (χ2n) is 4.22. The Morgan fingerprint density at radius 2 is 1.94 bits per heavy atom. The predicted molar refractivity (Wildman–Crippen MR) is 74.4 cm³/mol. The van der Waals surface area contributed by atoms with Gasteiger partial charge in [0.2, 0.25) is 0 Å². The third-order valence-corrected chi connectivity index (χ3v) is 3.17. The van der Waals surface area contributed by atoms with Crippen molar-refractivity contribution in [2.24, 2.45) is 0 Å². The number of benzene rings is 1. The molecule has 0 fully saturated rings. The molecule has 0 N–H and O–H groups in total. The first kappa shape index (κ1) is 15.1. The summed E-state index contributed by atoms with van der Waals surface area (Å²) in [5, 5.41) is 0.398. The van der Waals surface area contributed by atoms with Gasteiger partial charge in [-0.3, -0.25) is 4.79 Å². The number of ether oxygens (including phenoxy) is 2. The summed E-state index contributed by atoms with van der Waals surface area (Å²) in [6.07, 6.45) is 0. The summed E-state index contributed by atoms with van der Waals surface area (Å²) in [4.78, 5) is 11.0. The molecule has 18 heavy (non-hydrogen) atoms. The number of carbonyl (C=O) groups is 1. The molecule has 0 aliphatic rings. The van der Waals surface area contributed by atoms with E-state index in [4.69, 9.17) is 9.47 Å². The van der Waals surface area contributed by atoms with Crippen LogP contribution in [0.15, 0.2) is 30.3 Å². The quantitative estimate of drug-likeness (QED) is 0.562. The lowest BCUT2D eigenvalue weighted by molar-refractivity contribution is -0.144. The Morgan fingerprint density at radius 1 is 1.28 bits per heavy atom. The lowest BCUT2D eigenvalue weighted by atomic mass is 10.2. The highest BCUT2D eigenvalue weighted by molar-refractivity contribution is 8.00. The van der Waals surface area contributed by atoms with E-state index in [1.54, 1.807) is 11.8 Å². The minimum atomic E-state index is -0.267. The third-order valence-electron chi connectivity index (χ3n) is 2.09. The average molecular weight is 268 g/mol. The summed E-state index contributed by atoms with van der Waals surface area (Å²) < 4.78 is 10.8. The summed E-state index contributed by atoms with van der Waals surface area (Å²) in [5.41, 5.74) is 0.889. The van der Waals surface area contributed by atoms with E-state index in [0.29, 0.717) is 18.5 Å². The van der Waals surface area contributed by atoms with Crippen molar-refractivity contribution in [3.8, 4) is 0 Å². The highest BCUT2D eigenvalue weighted by Gasteiger charge is 2.14. The molecule has 1 atom stereocenters. The number of carbonyl (C=O) groups excluding carboxylic acids is 1. The normalized spacial score (nSPS) is 12.4. The van der Waals surface area contributed by atoms with Crippen molar-refractivity contribution in [2.75, 3.05) is 6.61 Å². The SMILES string of the molecule is CC(=O)O[C@H](COCc1ccccc1)SC(C)C. The molecule has 0 radical (unpaired) electrons. The average Bonchev–Trinajstić information content (AvgIpc) is 2.28. The van der Waals surface area contributed by atoms with Gasteiger partial charge >= 0.3 is 5.97 Å². The van der Waals surface area contributed by atoms with E-state index in [-0.39, 0.29) is 11.4 Å². The second-order valence-corrected chi connectivity index (χ2v) is 5.97. The van der Waals surface area contributed by atoms with Crippen LogP contribution in [0.4, 0.5) is 0 Å². The van der Waals surface area contributed by atoms with Crippen LogP contribution in [0.3, 0.4) is 0 Å². The lowest BCUT2D eigenvalue weighted by Gasteiger charge is -2.18. The second kappa shape index (κ2) is 8.16. The summed E-state index contributed by atoms with van der Waals surface area (Å²) >= 11 is 1.59. The zero-order valence-corrected chi connectivity index (χ0v) is 11.9. The van der Waals surface area contributed by atoms with Gasteiger partial charge < -0.3 is 9.47 Å². The molecular weight excluding hydrogens is 248 g/mol. The minimum Gasteiger partial charge on any atom is -0.449 e. The van der Waals surface area contributed by atoms with Crippen molar-refractivity contribution >= 4 is 17.7 Å². The number of thioether (sulfide) groups is 1. The van der Waals surface area contributed by atoms with Crippen molar-refractivity contribution in [3.05, 3.63) is 35.9 Å². The van der Waals surface area contributed by atoms with Gasteiger partial charge in [0.05, 0.1) is 13.2 Å². The molecule has 3 nitrogen and oxygen atoms in total. The number of esters is 1. The monoisotopic (exact) mass is 268 g/mol. The Balaban J connectivity index is 2.34. The Kier molecular flexibility index (Phi) is 6.83. The molecule has 4 heteroatoms. The topological polar surface area (TPSA) is 35.5 Å². The summed E-state index contributed by atoms with van der Waals surface area (Å²) in [5.74, 6) is -0.267. The van der Waals surface area contributed by atoms with E-state index in [9.17, 15) is 4.79 Å². The summed E-state index contributed by atoms with van der Waals surface area (Å²) in [6, 6.07) is 9.95. The molecule has 0 bridgehead atoms. The number of hydrogen-bond acceptors (Lipinski definition) is 4. The van der Waals surface area contributed by atoms with E-state index in [1.807, 2.05) is 30.3 Å². The third kappa shape index (κ3) is 6.67. The molecule has 0 amide bonds. The van der Waals surface area contributed by atoms with Crippen LogP contribution in [0.25, 0.3) is 0 Å². The van der Waals surface area contributed by atoms with Gasteiger partial charge in [-0.2, -0.15) is 0 Å². The standard InChI is InChI=1S/C14H20O3S/c1-11(2)18-14(17-12(3)15)10-16-9-13-7-5-4-6-8-13/h4-8,11,14H,9-10H2,1-3H3/t14-/m0/s1. The maximum absolute atomic E-state index is 11.0. The van der Waals surface area contributed by atoms with Crippen LogP contribution < -0.4 is 0 Å². The molecule has 100 valence electrons. The van der Waals surface area contributed by atoms with Gasteiger partial charge in [-0.15, -0.1) is 11.8 Å². The Labute approximate surface area is 113 Å². The van der Waals surface area contributed by atoms with Gasteiger partial charge in [0.1, 0.15) is 0 Å². The maximum Gasteiger partial charge on any atom is 0.303 e. The maximum atomic E-state index is 11.0. The molecule has 1 aromatic carbocycles. The van der Waals surface area contributed by atoms with Gasteiger partial charge in [0.15, 0.2) is 5.44 Å². The molecule has 1 aromatic rings. The molecule has 0 unspecified atom stereocenters. The van der Waals surface area contributed by atoms with Crippen molar-refractivity contribution < 1.29 is 14.3 Å². The fraction of sp³-hybridized carbons (Fsp3) is 0.500. The summed E-state index contributed by atoms with van der Waals surface area (Å²) in [6.45, 7) is 6.51. The van der Waals surface area contributed by atoms with Crippen molar-refractivity contribution in [3.63, 3.8) is 0 Å². The lowest BCUT2D eigenvalue weighted by Crippen LogP contribution is -2.20. The van der Waals surface area contributed by atoms with Crippen LogP contribution in [-0.2, 0) is 20.9 Å². The smallest absolute Gasteiger partial charge is 0.303 e. The van der Waals surface area contributed by atoms with E-state index < -0.39 is 0 Å². The van der Waals surface area contributed by atoms with Gasteiger partial charge in [0, 0.05) is 12.2 Å². The number of rotatable bonds is 7. The van der Waals surface area contributed by atoms with E-state index in [2.05, 4.69) is 13.8 Å². The molecule has 0 heterocycles. The Morgan fingerprint density at radius 3 is 2.50 bits per heavy atom. The highest BCUT2D eigenvalue weighted by Crippen LogP contribution is 2.19. The van der Waals surface area contributed by atoms with Crippen LogP contribution in [0.2, 0.25) is 0 Å². The van der Waals surface area contributed by atoms with Crippen LogP contribution in [0.5, 0.6) is 0 Å². The molecule has 0 saturated carbocycles. The van der Waals surface area contributed by atoms with Gasteiger partial charge in [-0.1, -0.05) is 44.2 Å². The Hall–Kier alpha value is -1.00. The molecule has 0 aliphatic heterocycles. The van der Waals surface area contributed by atoms with E-state index in [0.717, 1.165) is 5.56 Å². The molecule has 0 spiro atoms. The molecule has 0 saturated heterocycles. The van der Waals surface area contributed by atoms with Gasteiger partial charge in [0.25, 0.3) is 0 Å². The molecule has 1 rings (SSSR count). The van der Waals surface area contributed by atoms with Crippen molar-refractivity contribution in [1.29, 1.82) is 0 Å². The fourth-order valence-corrected chi connectivity index (χ4v) is 2.41. The fourth-order valence-electron chi connectivity index (χ4n) is 1.44. The zero-order valence-electron chi connectivity index (χ0n) is 11.1. The largest absolute Gasteiger partial charge is 0.449 e. The van der Waals surface area contributed by atoms with Crippen LogP contribution in [-0.4, -0.2) is 23.3 Å². The first-order chi connectivity index (χ1) is 8.58. The first-order valence-corrected chi connectivity index (χ1v) is 6.96. The molecule has 0 aromatic heterocycles. The van der Waals surface area contributed by atoms with E-state index >= 15 is 0 Å². The number of hydrogen-bond donors (Lipinski definition) is 0. The predicted octanol–water partition coefficient (Wildman–Crippen LogP) is 3.23. The minimum absolute atomic E-state index is 0.230. The van der Waals surface area contributed by atoms with Gasteiger partial charge in [-0.05, 0) is 5.56 Å². The van der Waals surface area contributed by atoms with Gasteiger partial charge in [-0.25, -0.2) is 0 Å². The summed E-state index contributed by atoms with van der Waals surface area (Å²) in [7, 11) is 0. The Bertz CT molecular complexity index is 351.